The number of hydrogen-bond donors (Lipinski definition) is 1. The molecule has 1 N–H and O–H groups in total. The van der Waals surface area contributed by atoms with Crippen LogP contribution in [-0.4, -0.2) is 47.2 Å². The fourth-order valence-electron chi connectivity index (χ4n) is 3.42. The van der Waals surface area contributed by atoms with Gasteiger partial charge in [0, 0.05) is 32.2 Å². The monoisotopic (exact) mass is 360 g/mol. The van der Waals surface area contributed by atoms with Gasteiger partial charge in [0.05, 0.1) is 12.1 Å². The van der Waals surface area contributed by atoms with Crippen LogP contribution < -0.4 is 4.90 Å². The van der Waals surface area contributed by atoms with E-state index in [0.717, 1.165) is 48.8 Å². The number of aromatic nitrogens is 2. The molecule has 2 heterocycles. The van der Waals surface area contributed by atoms with Crippen LogP contribution >= 0.6 is 0 Å². The number of hydrogen-bond acceptors (Lipinski definition) is 3. The highest BCUT2D eigenvalue weighted by Crippen LogP contribution is 2.22. The van der Waals surface area contributed by atoms with E-state index in [2.05, 4.69) is 52.4 Å². The average Bonchev–Trinajstić information content (AvgIpc) is 3.21. The van der Waals surface area contributed by atoms with Crippen molar-refractivity contribution >= 4 is 11.7 Å². The number of nitrogens with one attached hydrogen (secondary N) is 1. The number of carbonyl (C=O) groups is 1. The molecule has 0 spiro atoms. The van der Waals surface area contributed by atoms with Gasteiger partial charge in [-0.25, -0.2) is 0 Å². The van der Waals surface area contributed by atoms with E-state index in [1.54, 1.807) is 0 Å². The van der Waals surface area contributed by atoms with Gasteiger partial charge < -0.3 is 9.80 Å². The highest BCUT2D eigenvalue weighted by atomic mass is 16.2. The minimum absolute atomic E-state index is 0.200. The van der Waals surface area contributed by atoms with Crippen molar-refractivity contribution < 1.29 is 4.79 Å². The van der Waals surface area contributed by atoms with Crippen LogP contribution in [0, 0.1) is 6.92 Å². The van der Waals surface area contributed by atoms with E-state index in [9.17, 15) is 4.79 Å². The molecule has 27 heavy (non-hydrogen) atoms. The maximum atomic E-state index is 12.6. The van der Waals surface area contributed by atoms with Crippen LogP contribution in [0.1, 0.15) is 11.1 Å². The van der Waals surface area contributed by atoms with Crippen molar-refractivity contribution in [3.63, 3.8) is 0 Å². The van der Waals surface area contributed by atoms with Crippen LogP contribution in [0.15, 0.2) is 60.7 Å². The topological polar surface area (TPSA) is 52.2 Å². The summed E-state index contributed by atoms with van der Waals surface area (Å²) in [5.41, 5.74) is 4.44. The second-order valence-electron chi connectivity index (χ2n) is 7.04. The molecule has 1 saturated heterocycles. The first kappa shape index (κ1) is 17.3. The molecule has 4 rings (SSSR count). The molecule has 5 heteroatoms. The summed E-state index contributed by atoms with van der Waals surface area (Å²) in [6.07, 6.45) is 0.473. The van der Waals surface area contributed by atoms with Crippen LogP contribution in [0.3, 0.4) is 0 Å². The molecule has 0 atom stereocenters. The maximum absolute atomic E-state index is 12.6. The second kappa shape index (κ2) is 7.66. The number of carbonyl (C=O) groups excluding carboxylic acids is 1. The Hall–Kier alpha value is -3.08. The van der Waals surface area contributed by atoms with E-state index in [1.165, 1.54) is 5.56 Å². The van der Waals surface area contributed by atoms with Gasteiger partial charge in [0.25, 0.3) is 0 Å². The number of H-pyrrole nitrogens is 1. The van der Waals surface area contributed by atoms with Gasteiger partial charge in [0.2, 0.25) is 5.91 Å². The highest BCUT2D eigenvalue weighted by molar-refractivity contribution is 5.79. The summed E-state index contributed by atoms with van der Waals surface area (Å²) in [5, 5.41) is 7.58. The third-order valence-corrected chi connectivity index (χ3v) is 5.08. The van der Waals surface area contributed by atoms with Gasteiger partial charge in [-0.15, -0.1) is 0 Å². The summed E-state index contributed by atoms with van der Waals surface area (Å²) < 4.78 is 0. The number of rotatable bonds is 4. The molecule has 1 aromatic heterocycles. The number of aryl methyl sites for hydroxylation is 1. The molecule has 3 aromatic rings. The SMILES string of the molecule is Cc1ccc(CC(=O)N2CCN(c3cc(-c4ccccc4)[nH]n3)CC2)cc1. The first-order valence-electron chi connectivity index (χ1n) is 9.38. The maximum Gasteiger partial charge on any atom is 0.227 e. The van der Waals surface area contributed by atoms with E-state index < -0.39 is 0 Å². The number of anilines is 1. The Morgan fingerprint density at radius 1 is 1.00 bits per heavy atom. The van der Waals surface area contributed by atoms with Crippen molar-refractivity contribution in [2.45, 2.75) is 13.3 Å². The zero-order chi connectivity index (χ0) is 18.6. The zero-order valence-electron chi connectivity index (χ0n) is 15.6. The Balaban J connectivity index is 1.34. The molecule has 0 radical (unpaired) electrons. The van der Waals surface area contributed by atoms with E-state index >= 15 is 0 Å². The molecule has 0 bridgehead atoms. The van der Waals surface area contributed by atoms with Crippen molar-refractivity contribution in [3.05, 3.63) is 71.8 Å². The third-order valence-electron chi connectivity index (χ3n) is 5.08. The molecule has 5 nitrogen and oxygen atoms in total. The smallest absolute Gasteiger partial charge is 0.227 e. The van der Waals surface area contributed by atoms with Crippen LogP contribution in [-0.2, 0) is 11.2 Å². The molecule has 1 aliphatic heterocycles. The normalized spacial score (nSPS) is 14.4. The molecule has 2 aromatic carbocycles. The predicted octanol–water partition coefficient (Wildman–Crippen LogP) is 3.28. The van der Waals surface area contributed by atoms with E-state index in [1.807, 2.05) is 35.2 Å². The average molecular weight is 360 g/mol. The van der Waals surface area contributed by atoms with Crippen LogP contribution in [0.4, 0.5) is 5.82 Å². The predicted molar refractivity (Wildman–Crippen MR) is 108 cm³/mol. The first-order valence-corrected chi connectivity index (χ1v) is 9.38. The lowest BCUT2D eigenvalue weighted by Crippen LogP contribution is -2.49. The quantitative estimate of drug-likeness (QED) is 0.777. The van der Waals surface area contributed by atoms with Gasteiger partial charge in [0.15, 0.2) is 5.82 Å². The summed E-state index contributed by atoms with van der Waals surface area (Å²) >= 11 is 0. The van der Waals surface area contributed by atoms with Gasteiger partial charge in [-0.1, -0.05) is 60.2 Å². The largest absolute Gasteiger partial charge is 0.352 e. The summed E-state index contributed by atoms with van der Waals surface area (Å²) in [4.78, 5) is 16.8. The second-order valence-corrected chi connectivity index (χ2v) is 7.04. The Bertz CT molecular complexity index is 894. The Kier molecular flexibility index (Phi) is 4.92. The van der Waals surface area contributed by atoms with Crippen molar-refractivity contribution in [3.8, 4) is 11.3 Å². The van der Waals surface area contributed by atoms with Crippen LogP contribution in [0.25, 0.3) is 11.3 Å². The summed E-state index contributed by atoms with van der Waals surface area (Å²) in [6.45, 7) is 5.14. The molecule has 138 valence electrons. The van der Waals surface area contributed by atoms with Crippen molar-refractivity contribution in [1.29, 1.82) is 0 Å². The lowest BCUT2D eigenvalue weighted by atomic mass is 10.1. The minimum atomic E-state index is 0.200. The molecular formula is C22H24N4O. The zero-order valence-corrected chi connectivity index (χ0v) is 15.6. The minimum Gasteiger partial charge on any atom is -0.352 e. The molecule has 0 unspecified atom stereocenters. The summed E-state index contributed by atoms with van der Waals surface area (Å²) in [5.74, 6) is 1.14. The summed E-state index contributed by atoms with van der Waals surface area (Å²) in [7, 11) is 0. The standard InChI is InChI=1S/C22H24N4O/c1-17-7-9-18(10-8-17)15-22(27)26-13-11-25(12-14-26)21-16-20(23-24-21)19-5-3-2-4-6-19/h2-10,16H,11-15H2,1H3,(H,23,24). The Labute approximate surface area is 159 Å². The van der Waals surface area contributed by atoms with Crippen LogP contribution in [0.2, 0.25) is 0 Å². The molecule has 1 aliphatic rings. The Morgan fingerprint density at radius 2 is 1.70 bits per heavy atom. The Morgan fingerprint density at radius 3 is 2.41 bits per heavy atom. The third kappa shape index (κ3) is 4.03. The number of amides is 1. The lowest BCUT2D eigenvalue weighted by molar-refractivity contribution is -0.130. The van der Waals surface area contributed by atoms with E-state index in [0.29, 0.717) is 6.42 Å². The molecule has 1 amide bonds. The first-order chi connectivity index (χ1) is 13.2. The van der Waals surface area contributed by atoms with E-state index in [4.69, 9.17) is 0 Å². The van der Waals surface area contributed by atoms with E-state index in [-0.39, 0.29) is 5.91 Å². The van der Waals surface area contributed by atoms with Crippen LogP contribution in [0.5, 0.6) is 0 Å². The summed E-state index contributed by atoms with van der Waals surface area (Å²) in [6, 6.07) is 20.5. The van der Waals surface area contributed by atoms with Crippen molar-refractivity contribution in [1.82, 2.24) is 15.1 Å². The molecule has 1 fully saturated rings. The van der Waals surface area contributed by atoms with Crippen molar-refractivity contribution in [2.75, 3.05) is 31.1 Å². The number of nitrogens with zero attached hydrogens (tertiary/aromatic N) is 3. The van der Waals surface area contributed by atoms with Gasteiger partial charge >= 0.3 is 0 Å². The lowest BCUT2D eigenvalue weighted by Gasteiger charge is -2.34. The molecule has 0 aliphatic carbocycles. The number of aromatic amines is 1. The van der Waals surface area contributed by atoms with Gasteiger partial charge in [-0.2, -0.15) is 5.10 Å². The van der Waals surface area contributed by atoms with Gasteiger partial charge in [-0.3, -0.25) is 9.89 Å². The highest BCUT2D eigenvalue weighted by Gasteiger charge is 2.22. The van der Waals surface area contributed by atoms with Gasteiger partial charge in [-0.05, 0) is 18.1 Å². The molecular weight excluding hydrogens is 336 g/mol. The van der Waals surface area contributed by atoms with Crippen molar-refractivity contribution in [2.24, 2.45) is 0 Å². The number of benzene rings is 2. The van der Waals surface area contributed by atoms with Gasteiger partial charge in [0.1, 0.15) is 0 Å². The fraction of sp³-hybridized carbons (Fsp3) is 0.273. The number of piperazine rings is 1. The molecule has 0 saturated carbocycles. The fourth-order valence-corrected chi connectivity index (χ4v) is 3.42.